The quantitative estimate of drug-likeness (QED) is 0.177. The van der Waals surface area contributed by atoms with Crippen LogP contribution >= 0.6 is 11.3 Å². The predicted molar refractivity (Wildman–Crippen MR) is 219 cm³/mol. The van der Waals surface area contributed by atoms with E-state index in [0.717, 1.165) is 5.69 Å². The molecule has 0 radical (unpaired) electrons. The van der Waals surface area contributed by atoms with Crippen molar-refractivity contribution in [3.05, 3.63) is 182 Å². The van der Waals surface area contributed by atoms with Gasteiger partial charge >= 0.3 is 0 Å². The lowest BCUT2D eigenvalue weighted by atomic mass is 9.98. The Balaban J connectivity index is 1.19. The van der Waals surface area contributed by atoms with Crippen molar-refractivity contribution in [3.63, 3.8) is 0 Å². The van der Waals surface area contributed by atoms with Gasteiger partial charge < -0.3 is 9.13 Å². The highest BCUT2D eigenvalue weighted by atomic mass is 32.1. The number of benzene rings is 8. The van der Waals surface area contributed by atoms with Crippen LogP contribution in [0.25, 0.3) is 97.4 Å². The average Bonchev–Trinajstić information content (AvgIpc) is 3.86. The largest absolute Gasteiger partial charge is 0.309 e. The Morgan fingerprint density at radius 1 is 0.353 bits per heavy atom. The second-order valence-electron chi connectivity index (χ2n) is 13.3. The van der Waals surface area contributed by atoms with Gasteiger partial charge in [0.25, 0.3) is 0 Å². The minimum atomic E-state index is 1.16. The molecule has 2 nitrogen and oxygen atoms in total. The van der Waals surface area contributed by atoms with Crippen LogP contribution in [0.1, 0.15) is 0 Å². The topological polar surface area (TPSA) is 9.86 Å². The minimum absolute atomic E-state index is 1.16. The van der Waals surface area contributed by atoms with Crippen molar-refractivity contribution < 1.29 is 0 Å². The van der Waals surface area contributed by atoms with Gasteiger partial charge in [-0.15, -0.1) is 11.3 Å². The van der Waals surface area contributed by atoms with Crippen molar-refractivity contribution in [1.29, 1.82) is 0 Å². The Kier molecular flexibility index (Phi) is 6.16. The van der Waals surface area contributed by atoms with Crippen LogP contribution in [0, 0.1) is 0 Å². The molecule has 3 heterocycles. The van der Waals surface area contributed by atoms with E-state index in [4.69, 9.17) is 0 Å². The van der Waals surface area contributed by atoms with Crippen LogP contribution in [-0.2, 0) is 0 Å². The van der Waals surface area contributed by atoms with Gasteiger partial charge in [-0.2, -0.15) is 0 Å². The van der Waals surface area contributed by atoms with Gasteiger partial charge in [0, 0.05) is 47.4 Å². The molecular formula is C48H30N2S. The summed E-state index contributed by atoms with van der Waals surface area (Å²) in [6.07, 6.45) is 0. The van der Waals surface area contributed by atoms with Gasteiger partial charge in [0.05, 0.1) is 27.8 Å². The van der Waals surface area contributed by atoms with Crippen LogP contribution < -0.4 is 0 Å². The molecule has 0 aliphatic heterocycles. The lowest BCUT2D eigenvalue weighted by Crippen LogP contribution is -1.98. The third-order valence-corrected chi connectivity index (χ3v) is 11.7. The van der Waals surface area contributed by atoms with Crippen molar-refractivity contribution in [2.45, 2.75) is 0 Å². The fraction of sp³-hybridized carbons (Fsp3) is 0. The molecule has 51 heavy (non-hydrogen) atoms. The van der Waals surface area contributed by atoms with Crippen molar-refractivity contribution in [3.8, 4) is 33.6 Å². The molecule has 0 fully saturated rings. The minimum Gasteiger partial charge on any atom is -0.309 e. The molecule has 0 atom stereocenters. The van der Waals surface area contributed by atoms with Crippen molar-refractivity contribution >= 4 is 75.1 Å². The number of rotatable bonds is 4. The van der Waals surface area contributed by atoms with E-state index in [1.54, 1.807) is 0 Å². The van der Waals surface area contributed by atoms with E-state index in [1.165, 1.54) is 91.7 Å². The maximum absolute atomic E-state index is 2.51. The highest BCUT2D eigenvalue weighted by Gasteiger charge is 2.21. The van der Waals surface area contributed by atoms with Crippen LogP contribution in [-0.4, -0.2) is 9.13 Å². The first-order valence-electron chi connectivity index (χ1n) is 17.4. The lowest BCUT2D eigenvalue weighted by molar-refractivity contribution is 1.16. The van der Waals surface area contributed by atoms with Crippen LogP contribution in [0.2, 0.25) is 0 Å². The monoisotopic (exact) mass is 666 g/mol. The number of aromatic nitrogens is 2. The van der Waals surface area contributed by atoms with Gasteiger partial charge in [-0.25, -0.2) is 0 Å². The highest BCUT2D eigenvalue weighted by molar-refractivity contribution is 7.26. The maximum Gasteiger partial charge on any atom is 0.0562 e. The smallest absolute Gasteiger partial charge is 0.0562 e. The molecule has 0 N–H and O–H groups in total. The van der Waals surface area contributed by atoms with Gasteiger partial charge in [0.15, 0.2) is 0 Å². The summed E-state index contributed by atoms with van der Waals surface area (Å²) in [5.74, 6) is 0. The zero-order valence-electron chi connectivity index (χ0n) is 27.6. The molecule has 11 aromatic rings. The van der Waals surface area contributed by atoms with E-state index >= 15 is 0 Å². The molecule has 3 aromatic heterocycles. The Labute approximate surface area is 298 Å². The molecule has 0 unspecified atom stereocenters. The molecule has 238 valence electrons. The van der Waals surface area contributed by atoms with Gasteiger partial charge in [0.2, 0.25) is 0 Å². The number of nitrogens with zero attached hydrogens (tertiary/aromatic N) is 2. The van der Waals surface area contributed by atoms with Crippen molar-refractivity contribution in [1.82, 2.24) is 9.13 Å². The van der Waals surface area contributed by atoms with E-state index in [-0.39, 0.29) is 0 Å². The molecule has 0 spiro atoms. The number of para-hydroxylation sites is 3. The molecule has 0 amide bonds. The molecule has 0 saturated heterocycles. The van der Waals surface area contributed by atoms with Crippen LogP contribution in [0.4, 0.5) is 0 Å². The molecular weight excluding hydrogens is 637 g/mol. The molecule has 0 aliphatic rings. The third-order valence-electron chi connectivity index (χ3n) is 10.5. The molecule has 0 bridgehead atoms. The summed E-state index contributed by atoms with van der Waals surface area (Å²) < 4.78 is 7.54. The lowest BCUT2D eigenvalue weighted by Gasteiger charge is -2.14. The van der Waals surface area contributed by atoms with Crippen LogP contribution in [0.3, 0.4) is 0 Å². The standard InChI is InChI=1S/C48H30N2S/c1-2-12-31(13-3-1)32-22-24-33(25-23-32)35-28-29-44(47-40-17-7-11-21-46(40)51-48(35)47)50-43-20-10-6-16-38(43)39-27-26-34(30-45(39)50)49-41-18-8-4-14-36(41)37-15-5-9-19-42(37)49/h1-30H. The maximum atomic E-state index is 2.51. The number of thiophene rings is 1. The molecule has 0 aliphatic carbocycles. The molecule has 11 rings (SSSR count). The van der Waals surface area contributed by atoms with Crippen molar-refractivity contribution in [2.75, 3.05) is 0 Å². The second kappa shape index (κ2) is 11.0. The first kappa shape index (κ1) is 28.4. The Morgan fingerprint density at radius 2 is 0.882 bits per heavy atom. The Morgan fingerprint density at radius 3 is 1.57 bits per heavy atom. The van der Waals surface area contributed by atoms with E-state index in [1.807, 2.05) is 11.3 Å². The first-order chi connectivity index (χ1) is 25.3. The molecule has 0 saturated carbocycles. The summed E-state index contributed by atoms with van der Waals surface area (Å²) in [5, 5.41) is 7.64. The fourth-order valence-corrected chi connectivity index (χ4v) is 9.51. The van der Waals surface area contributed by atoms with E-state index in [0.29, 0.717) is 0 Å². The van der Waals surface area contributed by atoms with E-state index < -0.39 is 0 Å². The van der Waals surface area contributed by atoms with Crippen LogP contribution in [0.5, 0.6) is 0 Å². The summed E-state index contributed by atoms with van der Waals surface area (Å²) in [4.78, 5) is 0. The van der Waals surface area contributed by atoms with Gasteiger partial charge in [-0.3, -0.25) is 0 Å². The Bertz CT molecular complexity index is 3070. The summed E-state index contributed by atoms with van der Waals surface area (Å²) in [5.41, 5.74) is 12.2. The zero-order valence-corrected chi connectivity index (χ0v) is 28.4. The summed E-state index contributed by atoms with van der Waals surface area (Å²) >= 11 is 1.89. The van der Waals surface area contributed by atoms with Gasteiger partial charge in [-0.05, 0) is 64.7 Å². The molecule has 3 heteroatoms. The Hall–Kier alpha value is -6.42. The second-order valence-corrected chi connectivity index (χ2v) is 14.4. The normalized spacial score (nSPS) is 11.9. The van der Waals surface area contributed by atoms with E-state index in [9.17, 15) is 0 Å². The zero-order chi connectivity index (χ0) is 33.5. The van der Waals surface area contributed by atoms with E-state index in [2.05, 4.69) is 191 Å². The fourth-order valence-electron chi connectivity index (χ4n) is 8.26. The SMILES string of the molecule is c1ccc(-c2ccc(-c3ccc(-n4c5ccccc5c5ccc(-n6c7ccccc7c7ccccc76)cc54)c4c3sc3ccccc34)cc2)cc1. The summed E-state index contributed by atoms with van der Waals surface area (Å²) in [7, 11) is 0. The first-order valence-corrected chi connectivity index (χ1v) is 18.3. The van der Waals surface area contributed by atoms with Crippen molar-refractivity contribution in [2.24, 2.45) is 0 Å². The molecule has 8 aromatic carbocycles. The number of fused-ring (bicyclic) bond motifs is 9. The average molecular weight is 667 g/mol. The predicted octanol–water partition coefficient (Wildman–Crippen LogP) is 13.6. The summed E-state index contributed by atoms with van der Waals surface area (Å²) in [6.45, 7) is 0. The number of hydrogen-bond donors (Lipinski definition) is 0. The van der Waals surface area contributed by atoms with Gasteiger partial charge in [-0.1, -0.05) is 140 Å². The highest BCUT2D eigenvalue weighted by Crippen LogP contribution is 2.45. The van der Waals surface area contributed by atoms with Gasteiger partial charge in [0.1, 0.15) is 0 Å². The number of hydrogen-bond acceptors (Lipinski definition) is 1. The van der Waals surface area contributed by atoms with Crippen LogP contribution in [0.15, 0.2) is 182 Å². The summed E-state index contributed by atoms with van der Waals surface area (Å²) in [6, 6.07) is 66.6. The third kappa shape index (κ3) is 4.22.